The minimum atomic E-state index is 0.449. The Bertz CT molecular complexity index is 419. The molecule has 0 aliphatic carbocycles. The number of benzene rings is 1. The minimum absolute atomic E-state index is 0.449. The highest BCUT2D eigenvalue weighted by Crippen LogP contribution is 2.31. The summed E-state index contributed by atoms with van der Waals surface area (Å²) in [6.07, 6.45) is 2.26. The van der Waals surface area contributed by atoms with E-state index in [4.69, 9.17) is 9.47 Å². The molecule has 4 nitrogen and oxygen atoms in total. The minimum Gasteiger partial charge on any atom is -0.493 e. The number of rotatable bonds is 5. The van der Waals surface area contributed by atoms with Crippen molar-refractivity contribution in [3.8, 4) is 5.75 Å². The van der Waals surface area contributed by atoms with Gasteiger partial charge in [-0.25, -0.2) is 0 Å². The topological polar surface area (TPSA) is 33.7 Å². The lowest BCUT2D eigenvalue weighted by Crippen LogP contribution is -2.38. The van der Waals surface area contributed by atoms with Crippen LogP contribution in [0.15, 0.2) is 24.3 Å². The maximum atomic E-state index is 5.69. The highest BCUT2D eigenvalue weighted by atomic mass is 16.5. The Morgan fingerprint density at radius 3 is 2.90 bits per heavy atom. The molecule has 1 aromatic rings. The first-order chi connectivity index (χ1) is 9.93. The van der Waals surface area contributed by atoms with Gasteiger partial charge in [0.25, 0.3) is 0 Å². The van der Waals surface area contributed by atoms with Gasteiger partial charge in [-0.1, -0.05) is 18.2 Å². The molecule has 0 radical (unpaired) electrons. The van der Waals surface area contributed by atoms with Gasteiger partial charge in [0, 0.05) is 31.1 Å². The molecule has 1 N–H and O–H groups in total. The van der Waals surface area contributed by atoms with Crippen molar-refractivity contribution in [2.24, 2.45) is 0 Å². The van der Waals surface area contributed by atoms with Crippen LogP contribution in [0.25, 0.3) is 0 Å². The van der Waals surface area contributed by atoms with Crippen LogP contribution in [-0.2, 0) is 4.74 Å². The van der Waals surface area contributed by atoms with E-state index in [9.17, 15) is 0 Å². The smallest absolute Gasteiger partial charge is 0.124 e. The second-order valence-corrected chi connectivity index (χ2v) is 5.49. The van der Waals surface area contributed by atoms with Crippen LogP contribution in [0.1, 0.15) is 24.4 Å². The van der Waals surface area contributed by atoms with Gasteiger partial charge in [-0.2, -0.15) is 0 Å². The van der Waals surface area contributed by atoms with Crippen molar-refractivity contribution in [3.05, 3.63) is 29.8 Å². The standard InChI is InChI=1S/C16H24N2O2/c1-2-5-16-14(4-1)15(6-11-20-16)17-7-3-8-18-9-12-19-13-10-18/h1-2,4-5,15,17H,3,6-13H2. The van der Waals surface area contributed by atoms with Gasteiger partial charge >= 0.3 is 0 Å². The van der Waals surface area contributed by atoms with E-state index >= 15 is 0 Å². The molecule has 0 saturated carbocycles. The van der Waals surface area contributed by atoms with Crippen LogP contribution in [-0.4, -0.2) is 50.9 Å². The summed E-state index contributed by atoms with van der Waals surface area (Å²) in [7, 11) is 0. The van der Waals surface area contributed by atoms with E-state index in [1.165, 1.54) is 18.5 Å². The first-order valence-corrected chi connectivity index (χ1v) is 7.69. The van der Waals surface area contributed by atoms with Crippen molar-refractivity contribution in [2.45, 2.75) is 18.9 Å². The molecule has 2 heterocycles. The Morgan fingerprint density at radius 1 is 1.15 bits per heavy atom. The molecule has 1 aromatic carbocycles. The third-order valence-corrected chi connectivity index (χ3v) is 4.10. The molecular weight excluding hydrogens is 252 g/mol. The van der Waals surface area contributed by atoms with Crippen molar-refractivity contribution < 1.29 is 9.47 Å². The summed E-state index contributed by atoms with van der Waals surface area (Å²) in [6.45, 7) is 7.00. The van der Waals surface area contributed by atoms with Gasteiger partial charge in [-0.3, -0.25) is 4.90 Å². The summed E-state index contributed by atoms with van der Waals surface area (Å²) in [4.78, 5) is 2.49. The summed E-state index contributed by atoms with van der Waals surface area (Å²) >= 11 is 0. The van der Waals surface area contributed by atoms with Gasteiger partial charge in [0.1, 0.15) is 5.75 Å². The van der Waals surface area contributed by atoms with Gasteiger partial charge in [-0.05, 0) is 25.6 Å². The monoisotopic (exact) mass is 276 g/mol. The number of para-hydroxylation sites is 1. The number of nitrogens with zero attached hydrogens (tertiary/aromatic N) is 1. The van der Waals surface area contributed by atoms with Crippen LogP contribution < -0.4 is 10.1 Å². The zero-order chi connectivity index (χ0) is 13.6. The second-order valence-electron chi connectivity index (χ2n) is 5.49. The molecule has 0 spiro atoms. The first kappa shape index (κ1) is 13.9. The Morgan fingerprint density at radius 2 is 2.00 bits per heavy atom. The van der Waals surface area contributed by atoms with E-state index in [1.54, 1.807) is 0 Å². The van der Waals surface area contributed by atoms with Crippen LogP contribution in [0.5, 0.6) is 5.75 Å². The van der Waals surface area contributed by atoms with Crippen molar-refractivity contribution in [2.75, 3.05) is 46.0 Å². The van der Waals surface area contributed by atoms with Crippen molar-refractivity contribution in [1.82, 2.24) is 10.2 Å². The predicted octanol–water partition coefficient (Wildman–Crippen LogP) is 1.82. The van der Waals surface area contributed by atoms with Crippen LogP contribution in [0, 0.1) is 0 Å². The van der Waals surface area contributed by atoms with E-state index in [0.717, 1.165) is 51.6 Å². The molecule has 3 rings (SSSR count). The number of hydrogen-bond donors (Lipinski definition) is 1. The molecule has 4 heteroatoms. The van der Waals surface area contributed by atoms with Gasteiger partial charge in [0.15, 0.2) is 0 Å². The number of ether oxygens (including phenoxy) is 2. The third kappa shape index (κ3) is 3.51. The fraction of sp³-hybridized carbons (Fsp3) is 0.625. The van der Waals surface area contributed by atoms with E-state index in [2.05, 4.69) is 28.4 Å². The van der Waals surface area contributed by atoms with Crippen molar-refractivity contribution >= 4 is 0 Å². The molecule has 1 atom stereocenters. The van der Waals surface area contributed by atoms with E-state index in [0.29, 0.717) is 6.04 Å². The molecule has 110 valence electrons. The van der Waals surface area contributed by atoms with Gasteiger partial charge < -0.3 is 14.8 Å². The molecule has 2 aliphatic heterocycles. The van der Waals surface area contributed by atoms with E-state index in [1.807, 2.05) is 6.07 Å². The Balaban J connectivity index is 1.43. The summed E-state index contributed by atoms with van der Waals surface area (Å²) < 4.78 is 11.1. The molecular formula is C16H24N2O2. The summed E-state index contributed by atoms with van der Waals surface area (Å²) in [5, 5.41) is 3.68. The number of nitrogens with one attached hydrogen (secondary N) is 1. The molecule has 1 unspecified atom stereocenters. The molecule has 0 bridgehead atoms. The third-order valence-electron chi connectivity index (χ3n) is 4.10. The van der Waals surface area contributed by atoms with Gasteiger partial charge in [0.05, 0.1) is 19.8 Å². The average Bonchev–Trinajstić information content (AvgIpc) is 2.53. The number of hydrogen-bond acceptors (Lipinski definition) is 4. The summed E-state index contributed by atoms with van der Waals surface area (Å²) in [6, 6.07) is 8.82. The molecule has 2 aliphatic rings. The Kier molecular flexibility index (Phi) is 4.90. The molecule has 20 heavy (non-hydrogen) atoms. The zero-order valence-electron chi connectivity index (χ0n) is 12.0. The lowest BCUT2D eigenvalue weighted by molar-refractivity contribution is 0.0373. The summed E-state index contributed by atoms with van der Waals surface area (Å²) in [5.74, 6) is 1.05. The maximum absolute atomic E-state index is 5.69. The maximum Gasteiger partial charge on any atom is 0.124 e. The van der Waals surface area contributed by atoms with Gasteiger partial charge in [0.2, 0.25) is 0 Å². The van der Waals surface area contributed by atoms with Crippen LogP contribution in [0.3, 0.4) is 0 Å². The van der Waals surface area contributed by atoms with Crippen LogP contribution >= 0.6 is 0 Å². The first-order valence-electron chi connectivity index (χ1n) is 7.69. The predicted molar refractivity (Wildman–Crippen MR) is 79.2 cm³/mol. The normalized spacial score (nSPS) is 23.1. The van der Waals surface area contributed by atoms with Crippen molar-refractivity contribution in [3.63, 3.8) is 0 Å². The fourth-order valence-electron chi connectivity index (χ4n) is 2.96. The molecule has 1 saturated heterocycles. The highest BCUT2D eigenvalue weighted by Gasteiger charge is 2.20. The second kappa shape index (κ2) is 7.07. The SMILES string of the molecule is c1ccc2c(c1)OCCC2NCCCN1CCOCC1. The van der Waals surface area contributed by atoms with E-state index in [-0.39, 0.29) is 0 Å². The molecule has 1 fully saturated rings. The lowest BCUT2D eigenvalue weighted by atomic mass is 10.0. The van der Waals surface area contributed by atoms with Gasteiger partial charge in [-0.15, -0.1) is 0 Å². The number of morpholine rings is 1. The Hall–Kier alpha value is -1.10. The highest BCUT2D eigenvalue weighted by molar-refractivity contribution is 5.37. The van der Waals surface area contributed by atoms with Crippen LogP contribution in [0.2, 0.25) is 0 Å². The largest absolute Gasteiger partial charge is 0.493 e. The summed E-state index contributed by atoms with van der Waals surface area (Å²) in [5.41, 5.74) is 1.31. The quantitative estimate of drug-likeness (QED) is 0.832. The van der Waals surface area contributed by atoms with Crippen molar-refractivity contribution in [1.29, 1.82) is 0 Å². The fourth-order valence-corrected chi connectivity index (χ4v) is 2.96. The van der Waals surface area contributed by atoms with E-state index < -0.39 is 0 Å². The Labute approximate surface area is 121 Å². The molecule has 0 amide bonds. The number of fused-ring (bicyclic) bond motifs is 1. The lowest BCUT2D eigenvalue weighted by Gasteiger charge is -2.28. The molecule has 0 aromatic heterocycles. The van der Waals surface area contributed by atoms with Crippen LogP contribution in [0.4, 0.5) is 0 Å². The zero-order valence-corrected chi connectivity index (χ0v) is 12.0. The average molecular weight is 276 g/mol.